The van der Waals surface area contributed by atoms with Crippen molar-refractivity contribution in [2.24, 2.45) is 0 Å². The first kappa shape index (κ1) is 41.6. The fourth-order valence-electron chi connectivity index (χ4n) is 11.7. The predicted octanol–water partition coefficient (Wildman–Crippen LogP) is 17.8. The summed E-state index contributed by atoms with van der Waals surface area (Å²) >= 11 is 11.2. The Balaban J connectivity index is 0.999. The molecule has 13 aromatic rings. The van der Waals surface area contributed by atoms with E-state index in [2.05, 4.69) is 252 Å². The molecule has 0 radical (unpaired) electrons. The van der Waals surface area contributed by atoms with Crippen LogP contribution in [0.5, 0.6) is 0 Å². The highest BCUT2D eigenvalue weighted by atomic mass is 35.5. The zero-order valence-corrected chi connectivity index (χ0v) is 41.1. The summed E-state index contributed by atoms with van der Waals surface area (Å²) in [5.41, 5.74) is 20.0. The van der Waals surface area contributed by atoms with Crippen LogP contribution in [-0.4, -0.2) is 6.71 Å². The number of nitrogens with zero attached hydrogens (tertiary/aromatic N) is 2. The van der Waals surface area contributed by atoms with Gasteiger partial charge in [0.15, 0.2) is 0 Å². The number of thiophene rings is 2. The molecule has 15 rings (SSSR count). The Hall–Kier alpha value is -8.19. The first-order valence-corrected chi connectivity index (χ1v) is 26.5. The van der Waals surface area contributed by atoms with Crippen LogP contribution < -0.4 is 26.2 Å². The summed E-state index contributed by atoms with van der Waals surface area (Å²) in [6.45, 7) is -0.125. The van der Waals surface area contributed by atoms with Gasteiger partial charge in [0, 0.05) is 79.5 Å². The zero-order valence-electron chi connectivity index (χ0n) is 38.8. The third kappa shape index (κ3) is 6.48. The van der Waals surface area contributed by atoms with E-state index >= 15 is 0 Å². The maximum absolute atomic E-state index is 7.44. The lowest BCUT2D eigenvalue weighted by Crippen LogP contribution is -2.61. The summed E-state index contributed by atoms with van der Waals surface area (Å²) in [5.74, 6) is 0. The maximum Gasteiger partial charge on any atom is 0.252 e. The zero-order chi connectivity index (χ0) is 47.4. The van der Waals surface area contributed by atoms with Crippen molar-refractivity contribution in [2.75, 3.05) is 9.80 Å². The summed E-state index contributed by atoms with van der Waals surface area (Å²) in [7, 11) is 0. The second-order valence-electron chi connectivity index (χ2n) is 18.9. The summed E-state index contributed by atoms with van der Waals surface area (Å²) in [6.07, 6.45) is 0. The number of halogens is 1. The van der Waals surface area contributed by atoms with Gasteiger partial charge in [0.25, 0.3) is 6.71 Å². The minimum absolute atomic E-state index is 0.125. The summed E-state index contributed by atoms with van der Waals surface area (Å²) < 4.78 is 5.22. The largest absolute Gasteiger partial charge is 0.311 e. The van der Waals surface area contributed by atoms with Crippen molar-refractivity contribution in [3.8, 4) is 44.5 Å². The van der Waals surface area contributed by atoms with E-state index in [1.807, 2.05) is 22.7 Å². The first-order chi connectivity index (χ1) is 35.6. The molecule has 0 atom stereocenters. The maximum atomic E-state index is 7.44. The highest BCUT2D eigenvalue weighted by Gasteiger charge is 2.44. The monoisotopic (exact) mass is 970 g/mol. The number of hydrogen-bond donors (Lipinski definition) is 0. The summed E-state index contributed by atoms with van der Waals surface area (Å²) in [6, 6.07) is 89.4. The van der Waals surface area contributed by atoms with Crippen molar-refractivity contribution in [2.45, 2.75) is 0 Å². The summed E-state index contributed by atoms with van der Waals surface area (Å²) in [4.78, 5) is 4.91. The minimum Gasteiger partial charge on any atom is -0.311 e. The van der Waals surface area contributed by atoms with Gasteiger partial charge in [-0.25, -0.2) is 0 Å². The predicted molar refractivity (Wildman–Crippen MR) is 313 cm³/mol. The van der Waals surface area contributed by atoms with E-state index in [0.29, 0.717) is 5.02 Å². The SMILES string of the molecule is Clc1cc2c3c(c1)N(c1ccc(-c4ccccc4)cc1)c1ccc(-c4cccc5c4sc4ccccc45)cc1B3c1cc(-c3cccc4c3sc3ccccc34)ccc1N2c1ccc(-c2ccccc2)cc1. The Morgan fingerprint density at radius 1 is 0.319 bits per heavy atom. The Morgan fingerprint density at radius 3 is 1.17 bits per heavy atom. The number of benzene rings is 11. The Morgan fingerprint density at radius 2 is 0.708 bits per heavy atom. The molecule has 0 saturated heterocycles. The van der Waals surface area contributed by atoms with Gasteiger partial charge >= 0.3 is 0 Å². The fourth-order valence-corrected chi connectivity index (χ4v) is 14.4. The average Bonchev–Trinajstić information content (AvgIpc) is 4.02. The minimum atomic E-state index is -0.125. The van der Waals surface area contributed by atoms with Crippen LogP contribution in [0.2, 0.25) is 5.02 Å². The van der Waals surface area contributed by atoms with Gasteiger partial charge in [-0.3, -0.25) is 0 Å². The van der Waals surface area contributed by atoms with E-state index in [0.717, 1.165) is 34.1 Å². The molecule has 0 saturated carbocycles. The van der Waals surface area contributed by atoms with Crippen molar-refractivity contribution in [1.82, 2.24) is 0 Å². The molecular formula is C66H40BClN2S2. The van der Waals surface area contributed by atoms with E-state index in [-0.39, 0.29) is 6.71 Å². The van der Waals surface area contributed by atoms with Gasteiger partial charge in [0.2, 0.25) is 0 Å². The number of hydrogen-bond acceptors (Lipinski definition) is 4. The Kier molecular flexibility index (Phi) is 9.50. The molecule has 0 fully saturated rings. The van der Waals surface area contributed by atoms with E-state index in [4.69, 9.17) is 11.6 Å². The van der Waals surface area contributed by atoms with Crippen molar-refractivity contribution in [1.29, 1.82) is 0 Å². The second-order valence-corrected chi connectivity index (χ2v) is 21.4. The Labute approximate surface area is 431 Å². The van der Waals surface area contributed by atoms with Crippen molar-refractivity contribution < 1.29 is 0 Å². The molecule has 6 heteroatoms. The summed E-state index contributed by atoms with van der Waals surface area (Å²) in [5, 5.41) is 5.89. The van der Waals surface area contributed by atoms with Crippen LogP contribution in [0.1, 0.15) is 0 Å². The third-order valence-corrected chi connectivity index (χ3v) is 17.6. The molecule has 336 valence electrons. The Bertz CT molecular complexity index is 4020. The molecular weight excluding hydrogens is 931 g/mol. The highest BCUT2D eigenvalue weighted by molar-refractivity contribution is 7.26. The van der Waals surface area contributed by atoms with E-state index in [9.17, 15) is 0 Å². The molecule has 0 aliphatic carbocycles. The molecule has 2 nitrogen and oxygen atoms in total. The van der Waals surface area contributed by atoms with Crippen LogP contribution in [0, 0.1) is 0 Å². The van der Waals surface area contributed by atoms with E-state index in [1.165, 1.54) is 101 Å². The lowest BCUT2D eigenvalue weighted by atomic mass is 9.33. The van der Waals surface area contributed by atoms with Gasteiger partial charge < -0.3 is 9.80 Å². The van der Waals surface area contributed by atoms with Crippen molar-refractivity contribution >= 4 is 132 Å². The van der Waals surface area contributed by atoms with Crippen molar-refractivity contribution in [3.63, 3.8) is 0 Å². The van der Waals surface area contributed by atoms with Gasteiger partial charge in [-0.2, -0.15) is 0 Å². The first-order valence-electron chi connectivity index (χ1n) is 24.5. The van der Waals surface area contributed by atoms with Gasteiger partial charge in [0.05, 0.1) is 0 Å². The molecule has 11 aromatic carbocycles. The van der Waals surface area contributed by atoms with E-state index < -0.39 is 0 Å². The molecule has 4 heterocycles. The quantitative estimate of drug-likeness (QED) is 0.153. The average molecular weight is 971 g/mol. The molecule has 2 aromatic heterocycles. The van der Waals surface area contributed by atoms with E-state index in [1.54, 1.807) is 0 Å². The van der Waals surface area contributed by atoms with Crippen molar-refractivity contribution in [3.05, 3.63) is 248 Å². The normalized spacial score (nSPS) is 12.7. The van der Waals surface area contributed by atoms with Crippen LogP contribution in [0.25, 0.3) is 84.9 Å². The van der Waals surface area contributed by atoms with Crippen LogP contribution in [0.3, 0.4) is 0 Å². The van der Waals surface area contributed by atoms with Crippen LogP contribution in [-0.2, 0) is 0 Å². The van der Waals surface area contributed by atoms with Crippen LogP contribution in [0.4, 0.5) is 34.1 Å². The number of anilines is 6. The van der Waals surface area contributed by atoms with Crippen LogP contribution >= 0.6 is 34.3 Å². The number of rotatable bonds is 6. The molecule has 2 aliphatic heterocycles. The fraction of sp³-hybridized carbons (Fsp3) is 0. The lowest BCUT2D eigenvalue weighted by Gasteiger charge is -2.44. The lowest BCUT2D eigenvalue weighted by molar-refractivity contribution is 1.25. The van der Waals surface area contributed by atoms with Gasteiger partial charge in [-0.05, 0) is 122 Å². The standard InChI is InChI=1S/C66H40BClN2S2/c68-47-39-60-64-61(40-47)70(49-33-27-44(28-34-49)42-15-5-2-6-16-42)59-36-30-46(51-20-12-22-55-53-18-8-10-24-63(53)72-66(51)55)38-57(59)67(64)56-37-45(50-19-11-21-54-52-17-7-9-23-62(52)71-65(50)54)29-35-58(56)69(60)48-31-25-43(26-32-48)41-13-3-1-4-14-41/h1-40H. The molecule has 0 amide bonds. The number of fused-ring (bicyclic) bond motifs is 10. The smallest absolute Gasteiger partial charge is 0.252 e. The van der Waals surface area contributed by atoms with Gasteiger partial charge in [-0.15, -0.1) is 22.7 Å². The van der Waals surface area contributed by atoms with Gasteiger partial charge in [-0.1, -0.05) is 194 Å². The molecule has 2 aliphatic rings. The second kappa shape index (κ2) is 16.4. The van der Waals surface area contributed by atoms with Crippen LogP contribution in [0.15, 0.2) is 243 Å². The molecule has 0 N–H and O–H groups in total. The molecule has 72 heavy (non-hydrogen) atoms. The van der Waals surface area contributed by atoms with Gasteiger partial charge in [0.1, 0.15) is 0 Å². The molecule has 0 spiro atoms. The highest BCUT2D eigenvalue weighted by Crippen LogP contribution is 2.48. The topological polar surface area (TPSA) is 6.48 Å². The third-order valence-electron chi connectivity index (χ3n) is 14.9. The molecule has 0 bridgehead atoms. The molecule has 0 unspecified atom stereocenters.